The molecule has 0 saturated heterocycles. The fourth-order valence-corrected chi connectivity index (χ4v) is 1.63. The number of aromatic carboxylic acids is 1. The molecule has 0 aliphatic carbocycles. The van der Waals surface area contributed by atoms with Crippen LogP contribution in [0.5, 0.6) is 0 Å². The van der Waals surface area contributed by atoms with Crippen molar-refractivity contribution in [2.75, 3.05) is 0 Å². The summed E-state index contributed by atoms with van der Waals surface area (Å²) in [5.41, 5.74) is 1.95. The highest BCUT2D eigenvalue weighted by Crippen LogP contribution is 2.10. The van der Waals surface area contributed by atoms with Crippen molar-refractivity contribution in [3.8, 4) is 5.69 Å². The van der Waals surface area contributed by atoms with E-state index in [-0.39, 0.29) is 5.82 Å². The Labute approximate surface area is 93.4 Å². The van der Waals surface area contributed by atoms with Gasteiger partial charge in [-0.15, -0.1) is 0 Å². The molecule has 4 heteroatoms. The van der Waals surface area contributed by atoms with Gasteiger partial charge < -0.3 is 9.90 Å². The molecule has 1 heterocycles. The molecule has 4 nitrogen and oxygen atoms in total. The predicted molar refractivity (Wildman–Crippen MR) is 56.0 cm³/mol. The molecule has 1 aromatic heterocycles. The van der Waals surface area contributed by atoms with E-state index in [0.29, 0.717) is 0 Å². The Bertz CT molecular complexity index is 526. The summed E-state index contributed by atoms with van der Waals surface area (Å²) in [5, 5.41) is 11.0. The molecule has 0 saturated carbocycles. The molecular weight excluding hydrogens is 204 g/mol. The topological polar surface area (TPSA) is 48.9 Å². The number of carbonyl (C=O) groups excluding carboxylic acids is 1. The number of carboxylic acid groups (broad SMARTS) is 1. The van der Waals surface area contributed by atoms with Crippen molar-refractivity contribution < 1.29 is 14.5 Å². The highest BCUT2D eigenvalue weighted by molar-refractivity contribution is 5.80. The second-order valence-corrected chi connectivity index (χ2v) is 3.73. The summed E-state index contributed by atoms with van der Waals surface area (Å²) >= 11 is 0. The van der Waals surface area contributed by atoms with Crippen LogP contribution in [0.4, 0.5) is 0 Å². The van der Waals surface area contributed by atoms with Gasteiger partial charge >= 0.3 is 5.82 Å². The summed E-state index contributed by atoms with van der Waals surface area (Å²) in [6.45, 7) is 1.99. The quantitative estimate of drug-likeness (QED) is 0.662. The van der Waals surface area contributed by atoms with Crippen molar-refractivity contribution in [2.45, 2.75) is 6.92 Å². The Balaban J connectivity index is 2.56. The zero-order valence-electron chi connectivity index (χ0n) is 9.18. The normalized spacial score (nSPS) is 10.4. The lowest BCUT2D eigenvalue weighted by atomic mass is 10.2. The molecule has 2 aromatic rings. The van der Waals surface area contributed by atoms with Gasteiger partial charge in [0.15, 0.2) is 5.97 Å². The van der Waals surface area contributed by atoms with E-state index in [2.05, 4.69) is 0 Å². The van der Waals surface area contributed by atoms with Gasteiger partial charge in [0.05, 0.1) is 7.05 Å². The van der Waals surface area contributed by atoms with Crippen LogP contribution in [0.15, 0.2) is 36.7 Å². The number of hydrogen-bond donors (Lipinski definition) is 0. The van der Waals surface area contributed by atoms with E-state index in [1.165, 1.54) is 4.57 Å². The Kier molecular flexibility index (Phi) is 2.48. The van der Waals surface area contributed by atoms with Crippen LogP contribution in [0, 0.1) is 6.92 Å². The Hall–Kier alpha value is -2.10. The summed E-state index contributed by atoms with van der Waals surface area (Å²) < 4.78 is 3.12. The van der Waals surface area contributed by atoms with Crippen LogP contribution in [-0.4, -0.2) is 10.5 Å². The molecule has 0 N–H and O–H groups in total. The van der Waals surface area contributed by atoms with E-state index >= 15 is 0 Å². The maximum absolute atomic E-state index is 11.0. The minimum Gasteiger partial charge on any atom is -0.538 e. The van der Waals surface area contributed by atoms with E-state index in [4.69, 9.17) is 0 Å². The summed E-state index contributed by atoms with van der Waals surface area (Å²) in [4.78, 5) is 11.0. The fourth-order valence-electron chi connectivity index (χ4n) is 1.63. The van der Waals surface area contributed by atoms with Crippen LogP contribution >= 0.6 is 0 Å². The second kappa shape index (κ2) is 3.81. The maximum atomic E-state index is 11.0. The smallest absolute Gasteiger partial charge is 0.309 e. The fraction of sp³-hybridized carbons (Fsp3) is 0.167. The Morgan fingerprint density at radius 3 is 2.50 bits per heavy atom. The third-order valence-corrected chi connectivity index (χ3v) is 2.50. The van der Waals surface area contributed by atoms with Gasteiger partial charge in [-0.05, 0) is 19.1 Å². The first-order valence-electron chi connectivity index (χ1n) is 4.95. The largest absolute Gasteiger partial charge is 0.538 e. The van der Waals surface area contributed by atoms with Gasteiger partial charge in [-0.2, -0.15) is 4.57 Å². The molecule has 16 heavy (non-hydrogen) atoms. The van der Waals surface area contributed by atoms with Crippen LogP contribution in [0.25, 0.3) is 5.69 Å². The van der Waals surface area contributed by atoms with Gasteiger partial charge in [-0.1, -0.05) is 17.7 Å². The lowest BCUT2D eigenvalue weighted by Crippen LogP contribution is -2.41. The molecule has 0 atom stereocenters. The third-order valence-electron chi connectivity index (χ3n) is 2.50. The molecular formula is C12H12N2O2. The van der Waals surface area contributed by atoms with Gasteiger partial charge in [0.1, 0.15) is 18.1 Å². The highest BCUT2D eigenvalue weighted by Gasteiger charge is 2.17. The van der Waals surface area contributed by atoms with E-state index in [1.54, 1.807) is 24.0 Å². The number of rotatable bonds is 2. The van der Waals surface area contributed by atoms with E-state index in [9.17, 15) is 9.90 Å². The number of aryl methyl sites for hydroxylation is 2. The minimum absolute atomic E-state index is 0.129. The number of nitrogens with zero attached hydrogens (tertiary/aromatic N) is 2. The van der Waals surface area contributed by atoms with E-state index in [1.807, 2.05) is 31.2 Å². The lowest BCUT2D eigenvalue weighted by Gasteiger charge is -2.03. The molecule has 0 spiro atoms. The predicted octanol–water partition coefficient (Wildman–Crippen LogP) is -0.0263. The Morgan fingerprint density at radius 2 is 1.94 bits per heavy atom. The van der Waals surface area contributed by atoms with Gasteiger partial charge in [0.2, 0.25) is 0 Å². The third kappa shape index (κ3) is 1.69. The monoisotopic (exact) mass is 216 g/mol. The van der Waals surface area contributed by atoms with Crippen LogP contribution in [-0.2, 0) is 7.05 Å². The Morgan fingerprint density at radius 1 is 1.31 bits per heavy atom. The highest BCUT2D eigenvalue weighted by atomic mass is 16.4. The number of carboxylic acids is 1. The van der Waals surface area contributed by atoms with Crippen molar-refractivity contribution in [1.82, 2.24) is 4.57 Å². The molecule has 0 aliphatic rings. The van der Waals surface area contributed by atoms with E-state index in [0.717, 1.165) is 11.3 Å². The number of aromatic nitrogens is 2. The SMILES string of the molecule is Cc1ccc(-n2cc[n+](C)c2C(=O)[O-])cc1. The molecule has 82 valence electrons. The molecule has 0 radical (unpaired) electrons. The average molecular weight is 216 g/mol. The molecule has 2 rings (SSSR count). The summed E-state index contributed by atoms with van der Waals surface area (Å²) in [7, 11) is 1.68. The standard InChI is InChI=1S/C12H12N2O2/c1-9-3-5-10(6-4-9)14-8-7-13(2)11(14)12(15)16/h3-8H,1-2H3. The van der Waals surface area contributed by atoms with Crippen molar-refractivity contribution in [3.63, 3.8) is 0 Å². The molecule has 0 aliphatic heterocycles. The van der Waals surface area contributed by atoms with Crippen LogP contribution in [0.1, 0.15) is 16.2 Å². The van der Waals surface area contributed by atoms with Gasteiger partial charge in [-0.25, -0.2) is 4.57 Å². The number of hydrogen-bond acceptors (Lipinski definition) is 2. The van der Waals surface area contributed by atoms with Crippen molar-refractivity contribution in [1.29, 1.82) is 0 Å². The zero-order valence-corrected chi connectivity index (χ0v) is 9.18. The maximum Gasteiger partial charge on any atom is 0.309 e. The molecule has 0 bridgehead atoms. The number of imidazole rings is 1. The van der Waals surface area contributed by atoms with Crippen molar-refractivity contribution >= 4 is 5.97 Å². The average Bonchev–Trinajstić information content (AvgIpc) is 2.61. The van der Waals surface area contributed by atoms with Gasteiger partial charge in [-0.3, -0.25) is 0 Å². The molecule has 0 amide bonds. The summed E-state index contributed by atoms with van der Waals surface area (Å²) in [5.74, 6) is -1.06. The van der Waals surface area contributed by atoms with Gasteiger partial charge in [0, 0.05) is 0 Å². The lowest BCUT2D eigenvalue weighted by molar-refractivity contribution is -0.675. The molecule has 0 fully saturated rings. The number of benzene rings is 1. The van der Waals surface area contributed by atoms with E-state index < -0.39 is 5.97 Å². The first-order chi connectivity index (χ1) is 7.59. The van der Waals surface area contributed by atoms with Crippen molar-refractivity contribution in [2.24, 2.45) is 7.05 Å². The molecule has 0 unspecified atom stereocenters. The van der Waals surface area contributed by atoms with Crippen molar-refractivity contribution in [3.05, 3.63) is 48.0 Å². The minimum atomic E-state index is -1.19. The van der Waals surface area contributed by atoms with Crippen LogP contribution in [0.3, 0.4) is 0 Å². The second-order valence-electron chi connectivity index (χ2n) is 3.73. The molecule has 1 aromatic carbocycles. The van der Waals surface area contributed by atoms with Gasteiger partial charge in [0.25, 0.3) is 0 Å². The zero-order chi connectivity index (χ0) is 11.7. The summed E-state index contributed by atoms with van der Waals surface area (Å²) in [6, 6.07) is 7.63. The van der Waals surface area contributed by atoms with Crippen LogP contribution < -0.4 is 9.67 Å². The summed E-state index contributed by atoms with van der Waals surface area (Å²) in [6.07, 6.45) is 3.39. The number of carbonyl (C=O) groups is 1. The first kappa shape index (κ1) is 10.4. The van der Waals surface area contributed by atoms with Crippen LogP contribution in [0.2, 0.25) is 0 Å². The first-order valence-corrected chi connectivity index (χ1v) is 4.95.